The number of aryl methyl sites for hydroxylation is 1. The van der Waals surface area contributed by atoms with Gasteiger partial charge in [-0.15, -0.1) is 11.3 Å². The summed E-state index contributed by atoms with van der Waals surface area (Å²) in [6, 6.07) is 7.27. The summed E-state index contributed by atoms with van der Waals surface area (Å²) in [6.07, 6.45) is 0. The summed E-state index contributed by atoms with van der Waals surface area (Å²) in [5, 5.41) is 5.66. The number of benzene rings is 1. The molecule has 0 aliphatic rings. The molecule has 0 radical (unpaired) electrons. The lowest BCUT2D eigenvalue weighted by atomic mass is 10.3. The van der Waals surface area contributed by atoms with E-state index in [9.17, 15) is 4.79 Å². The van der Waals surface area contributed by atoms with Gasteiger partial charge in [-0.05, 0) is 31.2 Å². The monoisotopic (exact) mass is 262 g/mol. The van der Waals surface area contributed by atoms with Gasteiger partial charge in [0.1, 0.15) is 17.4 Å². The molecule has 5 heteroatoms. The molecular weight excluding hydrogens is 248 g/mol. The molecule has 0 bridgehead atoms. The first-order valence-electron chi connectivity index (χ1n) is 5.55. The van der Waals surface area contributed by atoms with Crippen LogP contribution in [-0.2, 0) is 11.4 Å². The number of amides is 1. The SMILES string of the molecule is CC(=O)Nc1ccc(OCc2nc(C)cs2)cc1. The predicted molar refractivity (Wildman–Crippen MR) is 71.9 cm³/mol. The van der Waals surface area contributed by atoms with Crippen molar-refractivity contribution in [2.24, 2.45) is 0 Å². The van der Waals surface area contributed by atoms with Crippen molar-refractivity contribution in [1.29, 1.82) is 0 Å². The molecule has 1 heterocycles. The molecule has 0 atom stereocenters. The van der Waals surface area contributed by atoms with Gasteiger partial charge in [-0.2, -0.15) is 0 Å². The van der Waals surface area contributed by atoms with Gasteiger partial charge < -0.3 is 10.1 Å². The van der Waals surface area contributed by atoms with E-state index in [1.165, 1.54) is 6.92 Å². The molecule has 94 valence electrons. The quantitative estimate of drug-likeness (QED) is 0.921. The largest absolute Gasteiger partial charge is 0.486 e. The second-order valence-corrected chi connectivity index (χ2v) is 4.82. The fraction of sp³-hybridized carbons (Fsp3) is 0.231. The van der Waals surface area contributed by atoms with E-state index in [1.807, 2.05) is 36.6 Å². The van der Waals surface area contributed by atoms with E-state index >= 15 is 0 Å². The molecule has 0 saturated carbocycles. The van der Waals surface area contributed by atoms with E-state index in [2.05, 4.69) is 10.3 Å². The Bertz CT molecular complexity index is 534. The number of nitrogens with one attached hydrogen (secondary N) is 1. The van der Waals surface area contributed by atoms with Crippen molar-refractivity contribution in [3.05, 3.63) is 40.3 Å². The van der Waals surface area contributed by atoms with Crippen LogP contribution in [0.3, 0.4) is 0 Å². The molecule has 0 aliphatic carbocycles. The van der Waals surface area contributed by atoms with E-state index in [4.69, 9.17) is 4.74 Å². The number of hydrogen-bond acceptors (Lipinski definition) is 4. The lowest BCUT2D eigenvalue weighted by molar-refractivity contribution is -0.114. The first-order valence-corrected chi connectivity index (χ1v) is 6.43. The van der Waals surface area contributed by atoms with Crippen LogP contribution in [0.5, 0.6) is 5.75 Å². The van der Waals surface area contributed by atoms with Crippen LogP contribution in [-0.4, -0.2) is 10.9 Å². The van der Waals surface area contributed by atoms with Crippen LogP contribution in [0.1, 0.15) is 17.6 Å². The number of carbonyl (C=O) groups excluding carboxylic acids is 1. The van der Waals surface area contributed by atoms with Gasteiger partial charge in [0, 0.05) is 23.7 Å². The highest BCUT2D eigenvalue weighted by Crippen LogP contribution is 2.18. The Hall–Kier alpha value is -1.88. The molecular formula is C13H14N2O2S. The third kappa shape index (κ3) is 3.56. The van der Waals surface area contributed by atoms with E-state index in [1.54, 1.807) is 11.3 Å². The number of rotatable bonds is 4. The molecule has 18 heavy (non-hydrogen) atoms. The van der Waals surface area contributed by atoms with Crippen molar-refractivity contribution in [3.63, 3.8) is 0 Å². The lowest BCUT2D eigenvalue weighted by Crippen LogP contribution is -2.05. The molecule has 1 N–H and O–H groups in total. The first kappa shape index (κ1) is 12.6. The number of aromatic nitrogens is 1. The third-order valence-electron chi connectivity index (χ3n) is 2.20. The predicted octanol–water partition coefficient (Wildman–Crippen LogP) is 2.99. The number of nitrogens with zero attached hydrogens (tertiary/aromatic N) is 1. The van der Waals surface area contributed by atoms with Gasteiger partial charge in [0.2, 0.25) is 5.91 Å². The number of ether oxygens (including phenoxy) is 1. The second kappa shape index (κ2) is 5.64. The van der Waals surface area contributed by atoms with E-state index in [0.29, 0.717) is 6.61 Å². The van der Waals surface area contributed by atoms with Crippen LogP contribution < -0.4 is 10.1 Å². The molecule has 1 amide bonds. The zero-order chi connectivity index (χ0) is 13.0. The molecule has 0 spiro atoms. The summed E-state index contributed by atoms with van der Waals surface area (Å²) in [7, 11) is 0. The average Bonchev–Trinajstić information content (AvgIpc) is 2.74. The molecule has 0 saturated heterocycles. The number of hydrogen-bond donors (Lipinski definition) is 1. The molecule has 2 aromatic rings. The van der Waals surface area contributed by atoms with Gasteiger partial charge in [0.05, 0.1) is 0 Å². The van der Waals surface area contributed by atoms with E-state index < -0.39 is 0 Å². The topological polar surface area (TPSA) is 51.2 Å². The minimum Gasteiger partial charge on any atom is -0.486 e. The zero-order valence-corrected chi connectivity index (χ0v) is 11.1. The van der Waals surface area contributed by atoms with Gasteiger partial charge in [0.15, 0.2) is 0 Å². The summed E-state index contributed by atoms with van der Waals surface area (Å²) in [5.41, 5.74) is 1.78. The highest BCUT2D eigenvalue weighted by Gasteiger charge is 2.01. The lowest BCUT2D eigenvalue weighted by Gasteiger charge is -2.06. The molecule has 1 aromatic heterocycles. The van der Waals surface area contributed by atoms with Crippen molar-refractivity contribution in [2.75, 3.05) is 5.32 Å². The van der Waals surface area contributed by atoms with Gasteiger partial charge in [0.25, 0.3) is 0 Å². The third-order valence-corrected chi connectivity index (χ3v) is 3.14. The minimum atomic E-state index is -0.0815. The molecule has 1 aromatic carbocycles. The minimum absolute atomic E-state index is 0.0815. The Labute approximate surface area is 110 Å². The fourth-order valence-corrected chi connectivity index (χ4v) is 2.13. The maximum atomic E-state index is 10.9. The van der Waals surface area contributed by atoms with Gasteiger partial charge in [-0.25, -0.2) is 4.98 Å². The highest BCUT2D eigenvalue weighted by molar-refractivity contribution is 7.09. The van der Waals surface area contributed by atoms with Crippen LogP contribution >= 0.6 is 11.3 Å². The zero-order valence-electron chi connectivity index (χ0n) is 10.3. The first-order chi connectivity index (χ1) is 8.63. The van der Waals surface area contributed by atoms with Crippen molar-refractivity contribution >= 4 is 22.9 Å². The van der Waals surface area contributed by atoms with Crippen molar-refractivity contribution in [2.45, 2.75) is 20.5 Å². The fourth-order valence-electron chi connectivity index (χ4n) is 1.45. The van der Waals surface area contributed by atoms with Crippen LogP contribution in [0.15, 0.2) is 29.6 Å². The van der Waals surface area contributed by atoms with Crippen LogP contribution in [0, 0.1) is 6.92 Å². The summed E-state index contributed by atoms with van der Waals surface area (Å²) >= 11 is 1.59. The molecule has 2 rings (SSSR count). The van der Waals surface area contributed by atoms with E-state index in [0.717, 1.165) is 22.1 Å². The van der Waals surface area contributed by atoms with E-state index in [-0.39, 0.29) is 5.91 Å². The molecule has 0 fully saturated rings. The molecule has 4 nitrogen and oxygen atoms in total. The van der Waals surface area contributed by atoms with Crippen LogP contribution in [0.4, 0.5) is 5.69 Å². The van der Waals surface area contributed by atoms with Crippen molar-refractivity contribution in [3.8, 4) is 5.75 Å². The van der Waals surface area contributed by atoms with Crippen LogP contribution in [0.25, 0.3) is 0 Å². The summed E-state index contributed by atoms with van der Waals surface area (Å²) in [5.74, 6) is 0.680. The maximum absolute atomic E-state index is 10.9. The summed E-state index contributed by atoms with van der Waals surface area (Å²) in [6.45, 7) is 3.91. The Balaban J connectivity index is 1.92. The Morgan fingerprint density at radius 1 is 1.39 bits per heavy atom. The molecule has 0 aliphatic heterocycles. The van der Waals surface area contributed by atoms with Gasteiger partial charge in [-0.1, -0.05) is 0 Å². The van der Waals surface area contributed by atoms with Crippen molar-refractivity contribution < 1.29 is 9.53 Å². The smallest absolute Gasteiger partial charge is 0.221 e. The Kier molecular flexibility index (Phi) is 3.94. The van der Waals surface area contributed by atoms with Crippen LogP contribution in [0.2, 0.25) is 0 Å². The van der Waals surface area contributed by atoms with Gasteiger partial charge in [-0.3, -0.25) is 4.79 Å². The molecule has 0 unspecified atom stereocenters. The number of anilines is 1. The summed E-state index contributed by atoms with van der Waals surface area (Å²) in [4.78, 5) is 15.2. The second-order valence-electron chi connectivity index (χ2n) is 3.88. The Morgan fingerprint density at radius 2 is 2.11 bits per heavy atom. The normalized spacial score (nSPS) is 10.1. The number of thiazole rings is 1. The summed E-state index contributed by atoms with van der Waals surface area (Å²) < 4.78 is 5.60. The van der Waals surface area contributed by atoms with Gasteiger partial charge >= 0.3 is 0 Å². The highest BCUT2D eigenvalue weighted by atomic mass is 32.1. The maximum Gasteiger partial charge on any atom is 0.221 e. The number of carbonyl (C=O) groups is 1. The standard InChI is InChI=1S/C13H14N2O2S/c1-9-8-18-13(14-9)7-17-12-5-3-11(4-6-12)15-10(2)16/h3-6,8H,7H2,1-2H3,(H,15,16). The Morgan fingerprint density at radius 3 is 2.67 bits per heavy atom. The van der Waals surface area contributed by atoms with Crippen molar-refractivity contribution in [1.82, 2.24) is 4.98 Å². The average molecular weight is 262 g/mol.